The highest BCUT2D eigenvalue weighted by Gasteiger charge is 2.66. The van der Waals surface area contributed by atoms with Crippen LogP contribution in [0.15, 0.2) is 35.5 Å². The maximum atomic E-state index is 14.3. The van der Waals surface area contributed by atoms with Crippen LogP contribution in [0, 0.1) is 56.7 Å². The summed E-state index contributed by atoms with van der Waals surface area (Å²) in [6.07, 6.45) is 12.0. The number of ether oxygens (including phenoxy) is 1. The number of pyridine rings is 1. The number of hydrogen-bond donors (Lipinski definition) is 1. The van der Waals surface area contributed by atoms with Crippen LogP contribution in [-0.2, 0) is 24.7 Å². The van der Waals surface area contributed by atoms with Crippen molar-refractivity contribution in [2.24, 2.45) is 56.7 Å². The summed E-state index contributed by atoms with van der Waals surface area (Å²) in [5, 5.41) is 9.64. The van der Waals surface area contributed by atoms with E-state index in [1.165, 1.54) is 18.4 Å². The molecule has 1 aromatic heterocycles. The molecular formula is C48H75N3O5. The van der Waals surface area contributed by atoms with Crippen molar-refractivity contribution in [2.45, 2.75) is 152 Å². The molecule has 0 amide bonds. The van der Waals surface area contributed by atoms with Gasteiger partial charge in [-0.1, -0.05) is 53.2 Å². The molecule has 5 aliphatic carbocycles. The SMILES string of the molecule is CC(C)C1=C2C3CCC4C(C)(CCC5C(C)(C)C(OC(=O)CC(C)(C)C(=O)O)CCC54C)C3CCC2(CCN(CCN(C)C)C(C)(C)c2ccccn2)CC1=O. The van der Waals surface area contributed by atoms with E-state index in [4.69, 9.17) is 9.72 Å². The first-order valence-corrected chi connectivity index (χ1v) is 22.0. The van der Waals surface area contributed by atoms with Gasteiger partial charge >= 0.3 is 11.9 Å². The van der Waals surface area contributed by atoms with Gasteiger partial charge in [0, 0.05) is 36.5 Å². The number of aromatic nitrogens is 1. The number of Topliss-reactive ketones (excluding diaryl/α,β-unsaturated/α-hetero) is 1. The van der Waals surface area contributed by atoms with Crippen LogP contribution in [0.1, 0.15) is 146 Å². The molecule has 0 bridgehead atoms. The van der Waals surface area contributed by atoms with Crippen molar-refractivity contribution < 1.29 is 24.2 Å². The predicted molar refractivity (Wildman–Crippen MR) is 223 cm³/mol. The highest BCUT2D eigenvalue weighted by molar-refractivity contribution is 6.00. The highest BCUT2D eigenvalue weighted by Crippen LogP contribution is 2.73. The van der Waals surface area contributed by atoms with Crippen molar-refractivity contribution in [1.82, 2.24) is 14.8 Å². The molecule has 8 nitrogen and oxygen atoms in total. The number of carboxylic acids is 1. The number of esters is 1. The van der Waals surface area contributed by atoms with Gasteiger partial charge in [0.1, 0.15) is 6.10 Å². The number of hydrogen-bond acceptors (Lipinski definition) is 7. The first-order chi connectivity index (χ1) is 26.0. The molecule has 56 heavy (non-hydrogen) atoms. The predicted octanol–water partition coefficient (Wildman–Crippen LogP) is 9.57. The zero-order valence-electron chi connectivity index (χ0n) is 37.1. The second-order valence-corrected chi connectivity index (χ2v) is 21.9. The van der Waals surface area contributed by atoms with Crippen molar-refractivity contribution in [2.75, 3.05) is 33.7 Å². The third-order valence-corrected chi connectivity index (χ3v) is 16.9. The van der Waals surface area contributed by atoms with Crippen molar-refractivity contribution >= 4 is 17.7 Å². The minimum atomic E-state index is -1.15. The number of fused-ring (bicyclic) bond motifs is 7. The Labute approximate surface area is 339 Å². The van der Waals surface area contributed by atoms with E-state index in [1.54, 1.807) is 19.4 Å². The Hall–Kier alpha value is -2.58. The standard InChI is InChI=1S/C48H75N3O5/c1-31(2)40-34(52)29-48(24-26-51(28-27-50(11)12)45(7,8)37-15-13-14-25-49-37)23-18-33-32(41(40)48)16-17-36-46(33,9)21-19-35-44(5,6)38(20-22-47(35,36)10)56-39(53)30-43(3,4)42(54)55/h13-15,25,31-33,35-36,38H,16-24,26-30H2,1-12H3,(H,54,55). The van der Waals surface area contributed by atoms with Gasteiger partial charge in [-0.15, -0.1) is 0 Å². The van der Waals surface area contributed by atoms with Crippen LogP contribution < -0.4 is 0 Å². The number of carbonyl (C=O) groups excluding carboxylic acids is 2. The van der Waals surface area contributed by atoms with Crippen LogP contribution in [0.25, 0.3) is 0 Å². The third kappa shape index (κ3) is 7.34. The van der Waals surface area contributed by atoms with E-state index in [2.05, 4.69) is 91.4 Å². The van der Waals surface area contributed by atoms with E-state index in [-0.39, 0.29) is 45.6 Å². The summed E-state index contributed by atoms with van der Waals surface area (Å²) < 4.78 is 6.20. The lowest BCUT2D eigenvalue weighted by molar-refractivity contribution is -0.214. The average molecular weight is 774 g/mol. The van der Waals surface area contributed by atoms with Crippen LogP contribution >= 0.6 is 0 Å². The number of likely N-dealkylation sites (N-methyl/N-ethyl adjacent to an activating group) is 1. The molecule has 1 aromatic rings. The number of ketones is 1. The zero-order valence-corrected chi connectivity index (χ0v) is 37.1. The minimum Gasteiger partial charge on any atom is -0.481 e. The number of carboxylic acid groups (broad SMARTS) is 1. The van der Waals surface area contributed by atoms with E-state index in [9.17, 15) is 19.5 Å². The molecule has 8 atom stereocenters. The van der Waals surface area contributed by atoms with E-state index in [0.29, 0.717) is 35.9 Å². The maximum absolute atomic E-state index is 14.3. The van der Waals surface area contributed by atoms with Gasteiger partial charge in [0.2, 0.25) is 0 Å². The van der Waals surface area contributed by atoms with Gasteiger partial charge in [-0.25, -0.2) is 0 Å². The lowest BCUT2D eigenvalue weighted by Gasteiger charge is -2.69. The number of allylic oxidation sites excluding steroid dienone is 2. The molecule has 1 N–H and O–H groups in total. The average Bonchev–Trinajstić information content (AvgIpc) is 3.41. The van der Waals surface area contributed by atoms with Crippen molar-refractivity contribution in [1.29, 1.82) is 0 Å². The monoisotopic (exact) mass is 774 g/mol. The van der Waals surface area contributed by atoms with Gasteiger partial charge in [-0.05, 0) is 164 Å². The number of carbonyl (C=O) groups is 3. The fraction of sp³-hybridized carbons (Fsp3) is 0.792. The molecule has 4 fully saturated rings. The maximum Gasteiger partial charge on any atom is 0.309 e. The molecule has 5 aliphatic rings. The summed E-state index contributed by atoms with van der Waals surface area (Å²) in [7, 11) is 4.30. The Balaban J connectivity index is 1.26. The van der Waals surface area contributed by atoms with Gasteiger partial charge in [-0.3, -0.25) is 24.3 Å². The van der Waals surface area contributed by atoms with Crippen LogP contribution in [0.2, 0.25) is 0 Å². The molecular weight excluding hydrogens is 699 g/mol. The summed E-state index contributed by atoms with van der Waals surface area (Å²) in [5.74, 6) is 1.27. The van der Waals surface area contributed by atoms with Crippen LogP contribution in [-0.4, -0.2) is 77.4 Å². The fourth-order valence-corrected chi connectivity index (χ4v) is 13.8. The van der Waals surface area contributed by atoms with Crippen molar-refractivity contribution in [3.8, 4) is 0 Å². The Bertz CT molecular complexity index is 1680. The van der Waals surface area contributed by atoms with Gasteiger partial charge in [0.15, 0.2) is 5.78 Å². The van der Waals surface area contributed by atoms with Gasteiger partial charge < -0.3 is 14.7 Å². The van der Waals surface area contributed by atoms with E-state index in [1.807, 2.05) is 12.3 Å². The third-order valence-electron chi connectivity index (χ3n) is 16.9. The molecule has 8 heteroatoms. The molecule has 1 heterocycles. The Kier molecular flexibility index (Phi) is 11.7. The van der Waals surface area contributed by atoms with E-state index < -0.39 is 17.4 Å². The number of nitrogens with zero attached hydrogens (tertiary/aromatic N) is 3. The van der Waals surface area contributed by atoms with Crippen LogP contribution in [0.5, 0.6) is 0 Å². The molecule has 4 saturated carbocycles. The summed E-state index contributed by atoms with van der Waals surface area (Å²) in [4.78, 5) is 48.9. The molecule has 6 rings (SSSR count). The number of rotatable bonds is 13. The largest absolute Gasteiger partial charge is 0.481 e. The summed E-state index contributed by atoms with van der Waals surface area (Å²) >= 11 is 0. The van der Waals surface area contributed by atoms with E-state index >= 15 is 0 Å². The quantitative estimate of drug-likeness (QED) is 0.198. The molecule has 0 saturated heterocycles. The minimum absolute atomic E-state index is 0.0716. The zero-order chi connectivity index (χ0) is 41.2. The number of aliphatic carboxylic acids is 1. The molecule has 312 valence electrons. The van der Waals surface area contributed by atoms with Crippen LogP contribution in [0.4, 0.5) is 0 Å². The van der Waals surface area contributed by atoms with E-state index in [0.717, 1.165) is 70.3 Å². The molecule has 0 aromatic carbocycles. The first kappa shape index (κ1) is 43.0. The smallest absolute Gasteiger partial charge is 0.309 e. The Morgan fingerprint density at radius 1 is 0.911 bits per heavy atom. The van der Waals surface area contributed by atoms with Gasteiger partial charge in [-0.2, -0.15) is 0 Å². The van der Waals surface area contributed by atoms with Crippen molar-refractivity contribution in [3.63, 3.8) is 0 Å². The Morgan fingerprint density at radius 2 is 1.61 bits per heavy atom. The van der Waals surface area contributed by atoms with Crippen LogP contribution in [0.3, 0.4) is 0 Å². The molecule has 0 spiro atoms. The van der Waals surface area contributed by atoms with Crippen molar-refractivity contribution in [3.05, 3.63) is 41.2 Å². The molecule has 0 radical (unpaired) electrons. The summed E-state index contributed by atoms with van der Waals surface area (Å²) in [5.41, 5.74) is 2.47. The second kappa shape index (κ2) is 15.2. The summed E-state index contributed by atoms with van der Waals surface area (Å²) in [6.45, 7) is 25.0. The molecule has 8 unspecified atom stereocenters. The normalized spacial score (nSPS) is 34.3. The molecule has 0 aliphatic heterocycles. The first-order valence-electron chi connectivity index (χ1n) is 22.0. The lowest BCUT2D eigenvalue weighted by atomic mass is 9.36. The summed E-state index contributed by atoms with van der Waals surface area (Å²) in [6, 6.07) is 6.25. The van der Waals surface area contributed by atoms with Gasteiger partial charge in [0.05, 0.1) is 23.1 Å². The Morgan fingerprint density at radius 3 is 2.23 bits per heavy atom. The second-order valence-electron chi connectivity index (χ2n) is 21.9. The highest BCUT2D eigenvalue weighted by atomic mass is 16.5. The topological polar surface area (TPSA) is 100 Å². The van der Waals surface area contributed by atoms with Gasteiger partial charge in [0.25, 0.3) is 0 Å². The fourth-order valence-electron chi connectivity index (χ4n) is 13.8. The lowest BCUT2D eigenvalue weighted by Crippen LogP contribution is -2.63.